The maximum atomic E-state index is 10.8. The molecule has 0 unspecified atom stereocenters. The molecule has 0 radical (unpaired) electrons. The second-order valence-corrected chi connectivity index (χ2v) is 8.56. The average molecular weight is 455 g/mol. The molecule has 2 aromatic rings. The van der Waals surface area contributed by atoms with Crippen molar-refractivity contribution in [3.05, 3.63) is 68.8 Å². The SMILES string of the molecule is O=[N+]([O-])c1ccc(N2CCN(CCCN3CCN(c4ccc([N+](=O)[O-])cc4)CC3)CC2)cc1. The van der Waals surface area contributed by atoms with E-state index in [1.165, 1.54) is 0 Å². The molecule has 2 aromatic carbocycles. The van der Waals surface area contributed by atoms with Gasteiger partial charge in [-0.1, -0.05) is 0 Å². The lowest BCUT2D eigenvalue weighted by Gasteiger charge is -2.38. The fourth-order valence-electron chi connectivity index (χ4n) is 4.55. The third kappa shape index (κ3) is 5.96. The van der Waals surface area contributed by atoms with Gasteiger partial charge in [0.05, 0.1) is 9.85 Å². The summed E-state index contributed by atoms with van der Waals surface area (Å²) >= 11 is 0. The average Bonchev–Trinajstić information content (AvgIpc) is 2.85. The van der Waals surface area contributed by atoms with E-state index >= 15 is 0 Å². The molecule has 0 atom stereocenters. The Balaban J connectivity index is 1.13. The van der Waals surface area contributed by atoms with Gasteiger partial charge in [-0.05, 0) is 43.8 Å². The molecule has 2 aliphatic heterocycles. The van der Waals surface area contributed by atoms with E-state index in [9.17, 15) is 20.2 Å². The largest absolute Gasteiger partial charge is 0.369 e. The van der Waals surface area contributed by atoms with Crippen LogP contribution in [0.15, 0.2) is 48.5 Å². The molecule has 0 spiro atoms. The number of hydrogen-bond acceptors (Lipinski definition) is 8. The first kappa shape index (κ1) is 22.9. The van der Waals surface area contributed by atoms with Gasteiger partial charge in [0.2, 0.25) is 0 Å². The molecule has 10 heteroatoms. The van der Waals surface area contributed by atoms with Gasteiger partial charge in [-0.3, -0.25) is 30.0 Å². The molecular weight excluding hydrogens is 424 g/mol. The van der Waals surface area contributed by atoms with E-state index in [0.717, 1.165) is 83.2 Å². The highest BCUT2D eigenvalue weighted by Crippen LogP contribution is 2.22. The van der Waals surface area contributed by atoms with Crippen LogP contribution in [-0.2, 0) is 0 Å². The van der Waals surface area contributed by atoms with Crippen molar-refractivity contribution in [2.75, 3.05) is 75.2 Å². The summed E-state index contributed by atoms with van der Waals surface area (Å²) in [5, 5.41) is 21.6. The van der Waals surface area contributed by atoms with Crippen molar-refractivity contribution >= 4 is 22.7 Å². The first-order valence-electron chi connectivity index (χ1n) is 11.4. The highest BCUT2D eigenvalue weighted by atomic mass is 16.6. The quantitative estimate of drug-likeness (QED) is 0.444. The summed E-state index contributed by atoms with van der Waals surface area (Å²) in [5.74, 6) is 0. The molecule has 0 amide bonds. The van der Waals surface area contributed by atoms with E-state index in [2.05, 4.69) is 19.6 Å². The molecule has 10 nitrogen and oxygen atoms in total. The Kier molecular flexibility index (Phi) is 7.36. The van der Waals surface area contributed by atoms with Crippen LogP contribution in [0.4, 0.5) is 22.7 Å². The van der Waals surface area contributed by atoms with Gasteiger partial charge in [0, 0.05) is 88.0 Å². The summed E-state index contributed by atoms with van der Waals surface area (Å²) in [6.45, 7) is 9.92. The number of nitro groups is 2. The minimum absolute atomic E-state index is 0.131. The summed E-state index contributed by atoms with van der Waals surface area (Å²) in [5.41, 5.74) is 2.36. The van der Waals surface area contributed by atoms with Gasteiger partial charge in [-0.25, -0.2) is 0 Å². The number of anilines is 2. The molecular formula is C23H30N6O4. The number of benzene rings is 2. The zero-order valence-corrected chi connectivity index (χ0v) is 18.7. The second-order valence-electron chi connectivity index (χ2n) is 8.56. The lowest BCUT2D eigenvalue weighted by Crippen LogP contribution is -2.48. The van der Waals surface area contributed by atoms with Crippen molar-refractivity contribution in [1.82, 2.24) is 9.80 Å². The van der Waals surface area contributed by atoms with Crippen molar-refractivity contribution in [3.8, 4) is 0 Å². The van der Waals surface area contributed by atoms with Gasteiger partial charge >= 0.3 is 0 Å². The second kappa shape index (κ2) is 10.6. The van der Waals surface area contributed by atoms with Crippen LogP contribution in [0.5, 0.6) is 0 Å². The Bertz CT molecular complexity index is 859. The maximum Gasteiger partial charge on any atom is 0.269 e. The standard InChI is InChI=1S/C23H30N6O4/c30-28(31)22-6-2-20(3-7-22)26-16-12-24(13-17-26)10-1-11-25-14-18-27(19-15-25)21-4-8-23(9-5-21)29(32)33/h2-9H,1,10-19H2. The van der Waals surface area contributed by atoms with Gasteiger partial charge in [-0.2, -0.15) is 0 Å². The zero-order valence-electron chi connectivity index (χ0n) is 18.7. The smallest absolute Gasteiger partial charge is 0.269 e. The summed E-state index contributed by atoms with van der Waals surface area (Å²) in [6.07, 6.45) is 1.13. The Hall–Kier alpha value is -3.24. The summed E-state index contributed by atoms with van der Waals surface area (Å²) in [7, 11) is 0. The van der Waals surface area contributed by atoms with Crippen molar-refractivity contribution in [1.29, 1.82) is 0 Å². The van der Waals surface area contributed by atoms with Crippen LogP contribution in [-0.4, -0.2) is 85.1 Å². The number of hydrogen-bond donors (Lipinski definition) is 0. The van der Waals surface area contributed by atoms with Crippen molar-refractivity contribution < 1.29 is 9.85 Å². The molecule has 0 aliphatic carbocycles. The van der Waals surface area contributed by atoms with E-state index in [0.29, 0.717) is 0 Å². The van der Waals surface area contributed by atoms with Crippen molar-refractivity contribution in [2.24, 2.45) is 0 Å². The Morgan fingerprint density at radius 2 is 0.909 bits per heavy atom. The van der Waals surface area contributed by atoms with Crippen LogP contribution < -0.4 is 9.80 Å². The highest BCUT2D eigenvalue weighted by molar-refractivity contribution is 5.52. The van der Waals surface area contributed by atoms with Crippen LogP contribution in [0.3, 0.4) is 0 Å². The molecule has 2 aliphatic rings. The fourth-order valence-corrected chi connectivity index (χ4v) is 4.55. The van der Waals surface area contributed by atoms with Crippen LogP contribution in [0.25, 0.3) is 0 Å². The van der Waals surface area contributed by atoms with Crippen molar-refractivity contribution in [2.45, 2.75) is 6.42 Å². The monoisotopic (exact) mass is 454 g/mol. The third-order valence-corrected chi connectivity index (χ3v) is 6.54. The first-order valence-corrected chi connectivity index (χ1v) is 11.4. The molecule has 0 aromatic heterocycles. The number of nitrogens with zero attached hydrogens (tertiary/aromatic N) is 6. The number of non-ortho nitro benzene ring substituents is 2. The number of rotatable bonds is 8. The van der Waals surface area contributed by atoms with Gasteiger partial charge in [0.1, 0.15) is 0 Å². The molecule has 0 saturated carbocycles. The molecule has 0 bridgehead atoms. The van der Waals surface area contributed by atoms with Crippen LogP contribution in [0, 0.1) is 20.2 Å². The maximum absolute atomic E-state index is 10.8. The highest BCUT2D eigenvalue weighted by Gasteiger charge is 2.20. The molecule has 4 rings (SSSR count). The number of nitro benzene ring substituents is 2. The third-order valence-electron chi connectivity index (χ3n) is 6.54. The topological polar surface area (TPSA) is 99.2 Å². The van der Waals surface area contributed by atoms with Crippen LogP contribution in [0.2, 0.25) is 0 Å². The van der Waals surface area contributed by atoms with Gasteiger partial charge in [0.25, 0.3) is 11.4 Å². The van der Waals surface area contributed by atoms with E-state index in [4.69, 9.17) is 0 Å². The zero-order chi connectivity index (χ0) is 23.2. The van der Waals surface area contributed by atoms with Gasteiger partial charge in [-0.15, -0.1) is 0 Å². The molecule has 33 heavy (non-hydrogen) atoms. The van der Waals surface area contributed by atoms with E-state index in [-0.39, 0.29) is 21.2 Å². The van der Waals surface area contributed by atoms with Gasteiger partial charge < -0.3 is 9.80 Å². The summed E-state index contributed by atoms with van der Waals surface area (Å²) in [6, 6.07) is 13.6. The molecule has 2 fully saturated rings. The van der Waals surface area contributed by atoms with E-state index < -0.39 is 0 Å². The number of piperazine rings is 2. The predicted octanol–water partition coefficient (Wildman–Crippen LogP) is 2.84. The van der Waals surface area contributed by atoms with Crippen molar-refractivity contribution in [3.63, 3.8) is 0 Å². The van der Waals surface area contributed by atoms with Crippen LogP contribution >= 0.6 is 0 Å². The minimum atomic E-state index is -0.364. The van der Waals surface area contributed by atoms with Gasteiger partial charge in [0.15, 0.2) is 0 Å². The fraction of sp³-hybridized carbons (Fsp3) is 0.478. The Labute approximate surface area is 193 Å². The predicted molar refractivity (Wildman–Crippen MR) is 128 cm³/mol. The lowest BCUT2D eigenvalue weighted by molar-refractivity contribution is -0.385. The van der Waals surface area contributed by atoms with E-state index in [1.807, 2.05) is 24.3 Å². The van der Waals surface area contributed by atoms with E-state index in [1.54, 1.807) is 24.3 Å². The Morgan fingerprint density at radius 3 is 1.21 bits per heavy atom. The normalized spacial score (nSPS) is 17.8. The van der Waals surface area contributed by atoms with Crippen LogP contribution in [0.1, 0.15) is 6.42 Å². The molecule has 2 saturated heterocycles. The summed E-state index contributed by atoms with van der Waals surface area (Å²) < 4.78 is 0. The first-order chi connectivity index (χ1) is 16.0. The Morgan fingerprint density at radius 1 is 0.576 bits per heavy atom. The summed E-state index contributed by atoms with van der Waals surface area (Å²) in [4.78, 5) is 30.5. The lowest BCUT2D eigenvalue weighted by atomic mass is 10.2. The molecule has 0 N–H and O–H groups in total. The molecule has 2 heterocycles. The minimum Gasteiger partial charge on any atom is -0.369 e. The molecule has 176 valence electrons.